The number of methoxy groups -OCH3 is 1. The molecule has 40 heavy (non-hydrogen) atoms. The molecule has 3 aromatic carbocycles. The molecule has 8 nitrogen and oxygen atoms in total. The van der Waals surface area contributed by atoms with Gasteiger partial charge in [-0.15, -0.1) is 0 Å². The Morgan fingerprint density at radius 2 is 1.57 bits per heavy atom. The van der Waals surface area contributed by atoms with E-state index in [1.54, 1.807) is 6.92 Å². The summed E-state index contributed by atoms with van der Waals surface area (Å²) in [6, 6.07) is 16.8. The van der Waals surface area contributed by atoms with Gasteiger partial charge in [0, 0.05) is 17.1 Å². The molecule has 11 heteroatoms. The van der Waals surface area contributed by atoms with Gasteiger partial charge in [-0.3, -0.25) is 13.9 Å². The minimum Gasteiger partial charge on any atom is -0.497 e. The van der Waals surface area contributed by atoms with Crippen LogP contribution in [0.5, 0.6) is 5.75 Å². The Balaban J connectivity index is 2.01. The molecule has 2 amide bonds. The third kappa shape index (κ3) is 7.82. The van der Waals surface area contributed by atoms with Gasteiger partial charge in [-0.1, -0.05) is 35.0 Å². The van der Waals surface area contributed by atoms with Crippen molar-refractivity contribution in [2.75, 3.05) is 18.0 Å². The summed E-state index contributed by atoms with van der Waals surface area (Å²) in [5.74, 6) is -1.04. The molecule has 0 bridgehead atoms. The van der Waals surface area contributed by atoms with Gasteiger partial charge in [0.05, 0.1) is 17.7 Å². The van der Waals surface area contributed by atoms with Gasteiger partial charge in [0.25, 0.3) is 10.0 Å². The van der Waals surface area contributed by atoms with Crippen molar-refractivity contribution in [2.24, 2.45) is 0 Å². The summed E-state index contributed by atoms with van der Waals surface area (Å²) in [6.07, 6.45) is 0.706. The fraction of sp³-hybridized carbons (Fsp3) is 0.310. The smallest absolute Gasteiger partial charge is 0.264 e. The lowest BCUT2D eigenvalue weighted by Gasteiger charge is -2.32. The summed E-state index contributed by atoms with van der Waals surface area (Å²) >= 11 is 3.39. The molecule has 0 heterocycles. The van der Waals surface area contributed by atoms with Gasteiger partial charge in [0.1, 0.15) is 24.2 Å². The number of anilines is 1. The molecule has 0 fully saturated rings. The van der Waals surface area contributed by atoms with Gasteiger partial charge in [-0.2, -0.15) is 0 Å². The summed E-state index contributed by atoms with van der Waals surface area (Å²) in [5.41, 5.74) is 0.858. The van der Waals surface area contributed by atoms with E-state index < -0.39 is 34.3 Å². The maximum Gasteiger partial charge on any atom is 0.264 e. The number of nitrogens with one attached hydrogen (secondary N) is 1. The number of nitrogens with zero attached hydrogens (tertiary/aromatic N) is 2. The number of rotatable bonds is 12. The first-order valence-corrected chi connectivity index (χ1v) is 15.0. The van der Waals surface area contributed by atoms with E-state index in [4.69, 9.17) is 4.74 Å². The van der Waals surface area contributed by atoms with Gasteiger partial charge in [0.2, 0.25) is 11.8 Å². The van der Waals surface area contributed by atoms with Crippen LogP contribution in [0.3, 0.4) is 0 Å². The Hall–Kier alpha value is -3.44. The molecule has 2 atom stereocenters. The molecule has 0 saturated heterocycles. The number of benzene rings is 3. The molecule has 214 valence electrons. The van der Waals surface area contributed by atoms with E-state index >= 15 is 0 Å². The minimum absolute atomic E-state index is 0.0705. The standard InChI is InChI=1S/C29H33BrFN3O5S/c1-5-20(2)32-29(36)21(3)33(18-22-6-8-23(30)9-7-22)28(35)19-34(25-12-10-24(31)11-13-25)40(37,38)27-16-14-26(39-4)15-17-27/h6-17,20-21H,5,18-19H2,1-4H3,(H,32,36)/t20-,21-/m1/s1. The zero-order valence-corrected chi connectivity index (χ0v) is 25.2. The number of amides is 2. The molecular weight excluding hydrogens is 601 g/mol. The number of hydrogen-bond donors (Lipinski definition) is 1. The largest absolute Gasteiger partial charge is 0.497 e. The highest BCUT2D eigenvalue weighted by molar-refractivity contribution is 9.10. The van der Waals surface area contributed by atoms with Crippen molar-refractivity contribution in [3.63, 3.8) is 0 Å². The highest BCUT2D eigenvalue weighted by Gasteiger charge is 2.32. The summed E-state index contributed by atoms with van der Waals surface area (Å²) < 4.78 is 48.2. The molecule has 3 aromatic rings. The van der Waals surface area contributed by atoms with Gasteiger partial charge < -0.3 is 15.0 Å². The second-order valence-electron chi connectivity index (χ2n) is 9.31. The maximum absolute atomic E-state index is 13.9. The second-order valence-corrected chi connectivity index (χ2v) is 12.1. The van der Waals surface area contributed by atoms with Gasteiger partial charge in [-0.25, -0.2) is 12.8 Å². The van der Waals surface area contributed by atoms with E-state index in [1.807, 2.05) is 38.1 Å². The number of hydrogen-bond acceptors (Lipinski definition) is 5. The van der Waals surface area contributed by atoms with Crippen LogP contribution in [0.2, 0.25) is 0 Å². The van der Waals surface area contributed by atoms with Crippen LogP contribution >= 0.6 is 15.9 Å². The number of carbonyl (C=O) groups excluding carboxylic acids is 2. The van der Waals surface area contributed by atoms with E-state index in [0.717, 1.165) is 26.5 Å². The van der Waals surface area contributed by atoms with E-state index in [-0.39, 0.29) is 29.1 Å². The van der Waals surface area contributed by atoms with Crippen LogP contribution in [0.4, 0.5) is 10.1 Å². The Bertz CT molecular complexity index is 1400. The maximum atomic E-state index is 13.9. The van der Waals surface area contributed by atoms with Crippen molar-refractivity contribution in [3.8, 4) is 5.75 Å². The van der Waals surface area contributed by atoms with Crippen molar-refractivity contribution in [1.29, 1.82) is 0 Å². The SMILES string of the molecule is CC[C@@H](C)NC(=O)[C@@H](C)N(Cc1ccc(Br)cc1)C(=O)CN(c1ccc(F)cc1)S(=O)(=O)c1ccc(OC)cc1. The molecule has 0 radical (unpaired) electrons. The summed E-state index contributed by atoms with van der Waals surface area (Å²) in [7, 11) is -2.80. The molecule has 0 saturated carbocycles. The number of carbonyl (C=O) groups is 2. The summed E-state index contributed by atoms with van der Waals surface area (Å²) in [6.45, 7) is 4.86. The second kappa shape index (κ2) is 13.8. The fourth-order valence-corrected chi connectivity index (χ4v) is 5.52. The average molecular weight is 635 g/mol. The van der Waals surface area contributed by atoms with Crippen LogP contribution in [0.15, 0.2) is 82.2 Å². The number of sulfonamides is 1. The lowest BCUT2D eigenvalue weighted by molar-refractivity contribution is -0.139. The Morgan fingerprint density at radius 1 is 0.975 bits per heavy atom. The minimum atomic E-state index is -4.27. The molecule has 1 N–H and O–H groups in total. The molecule has 0 aromatic heterocycles. The highest BCUT2D eigenvalue weighted by Crippen LogP contribution is 2.26. The molecule has 3 rings (SSSR count). The average Bonchev–Trinajstić information content (AvgIpc) is 2.95. The quantitative estimate of drug-likeness (QED) is 0.299. The predicted molar refractivity (Wildman–Crippen MR) is 156 cm³/mol. The first kappa shape index (κ1) is 31.1. The van der Waals surface area contributed by atoms with E-state index in [0.29, 0.717) is 12.2 Å². The molecule has 0 unspecified atom stereocenters. The fourth-order valence-electron chi connectivity index (χ4n) is 3.85. The monoisotopic (exact) mass is 633 g/mol. The van der Waals surface area contributed by atoms with Gasteiger partial charge in [-0.05, 0) is 86.5 Å². The van der Waals surface area contributed by atoms with Crippen molar-refractivity contribution in [1.82, 2.24) is 10.2 Å². The Labute approximate surface area is 243 Å². The molecule has 0 aliphatic carbocycles. The van der Waals surface area contributed by atoms with Crippen LogP contribution in [-0.4, -0.2) is 50.9 Å². The highest BCUT2D eigenvalue weighted by atomic mass is 79.9. The first-order chi connectivity index (χ1) is 19.0. The molecule has 0 aliphatic rings. The van der Waals surface area contributed by atoms with Crippen molar-refractivity contribution in [2.45, 2.75) is 50.7 Å². The normalized spacial score (nSPS) is 12.8. The van der Waals surface area contributed by atoms with Crippen molar-refractivity contribution in [3.05, 3.63) is 88.6 Å². The molecule has 0 spiro atoms. The Kier molecular flexibility index (Phi) is 10.7. The molecule has 0 aliphatic heterocycles. The van der Waals surface area contributed by atoms with Crippen LogP contribution in [0, 0.1) is 5.82 Å². The third-order valence-electron chi connectivity index (χ3n) is 6.48. The lowest BCUT2D eigenvalue weighted by atomic mass is 10.1. The third-order valence-corrected chi connectivity index (χ3v) is 8.79. The van der Waals surface area contributed by atoms with Crippen LogP contribution in [0.25, 0.3) is 0 Å². The van der Waals surface area contributed by atoms with Gasteiger partial charge >= 0.3 is 0 Å². The van der Waals surface area contributed by atoms with Crippen LogP contribution in [-0.2, 0) is 26.2 Å². The van der Waals surface area contributed by atoms with Crippen LogP contribution in [0.1, 0.15) is 32.8 Å². The lowest BCUT2D eigenvalue weighted by Crippen LogP contribution is -2.52. The van der Waals surface area contributed by atoms with E-state index in [9.17, 15) is 22.4 Å². The van der Waals surface area contributed by atoms with Gasteiger partial charge in [0.15, 0.2) is 0 Å². The Morgan fingerprint density at radius 3 is 2.12 bits per heavy atom. The number of halogens is 2. The number of ether oxygens (including phenoxy) is 1. The zero-order chi connectivity index (χ0) is 29.4. The van der Waals surface area contributed by atoms with E-state index in [1.165, 1.54) is 48.4 Å². The predicted octanol–water partition coefficient (Wildman–Crippen LogP) is 5.12. The van der Waals surface area contributed by atoms with Crippen molar-refractivity contribution < 1.29 is 27.1 Å². The summed E-state index contributed by atoms with van der Waals surface area (Å²) in [4.78, 5) is 28.2. The summed E-state index contributed by atoms with van der Waals surface area (Å²) in [5, 5.41) is 2.89. The first-order valence-electron chi connectivity index (χ1n) is 12.7. The van der Waals surface area contributed by atoms with Crippen molar-refractivity contribution >= 4 is 43.5 Å². The topological polar surface area (TPSA) is 96.0 Å². The zero-order valence-electron chi connectivity index (χ0n) is 22.8. The van der Waals surface area contributed by atoms with Crippen LogP contribution < -0.4 is 14.4 Å². The van der Waals surface area contributed by atoms with E-state index in [2.05, 4.69) is 21.2 Å². The molecular formula is C29H33BrFN3O5S.